The maximum Gasteiger partial charge on any atom is 0.411 e. The third-order valence-corrected chi connectivity index (χ3v) is 5.89. The molecule has 0 aliphatic heterocycles. The molecule has 0 spiro atoms. The van der Waals surface area contributed by atoms with Crippen LogP contribution in [0.4, 0.5) is 10.5 Å². The fourth-order valence-corrected chi connectivity index (χ4v) is 3.95. The van der Waals surface area contributed by atoms with Crippen LogP contribution in [0, 0.1) is 6.92 Å². The topological polar surface area (TPSA) is 102 Å². The molecule has 1 amide bonds. The smallest absolute Gasteiger partial charge is 0.411 e. The van der Waals surface area contributed by atoms with Gasteiger partial charge in [0, 0.05) is 11.3 Å². The van der Waals surface area contributed by atoms with Crippen molar-refractivity contribution in [2.75, 3.05) is 11.9 Å². The molecule has 0 saturated carbocycles. The molecule has 1 atom stereocenters. The number of aryl methyl sites for hydroxylation is 1. The SMILES string of the molecule is Cc1ccc(S(=O)(=O)NC(COC(=O)Nc2ccccc2)C(=O)c2ccccc2)cc1. The molecule has 0 bridgehead atoms. The van der Waals surface area contributed by atoms with E-state index >= 15 is 0 Å². The van der Waals surface area contributed by atoms with E-state index in [-0.39, 0.29) is 4.90 Å². The Balaban J connectivity index is 1.77. The maximum atomic E-state index is 12.9. The molecule has 0 aliphatic rings. The van der Waals surface area contributed by atoms with Gasteiger partial charge in [-0.2, -0.15) is 4.72 Å². The van der Waals surface area contributed by atoms with Crippen LogP contribution in [0.1, 0.15) is 15.9 Å². The zero-order valence-electron chi connectivity index (χ0n) is 16.8. The fourth-order valence-electron chi connectivity index (χ4n) is 2.77. The summed E-state index contributed by atoms with van der Waals surface area (Å²) in [6.07, 6.45) is -0.799. The predicted molar refractivity (Wildman–Crippen MR) is 117 cm³/mol. The lowest BCUT2D eigenvalue weighted by Crippen LogP contribution is -2.44. The van der Waals surface area contributed by atoms with Crippen molar-refractivity contribution in [2.24, 2.45) is 0 Å². The highest BCUT2D eigenvalue weighted by Gasteiger charge is 2.28. The highest BCUT2D eigenvalue weighted by atomic mass is 32.2. The molecule has 160 valence electrons. The van der Waals surface area contributed by atoms with Gasteiger partial charge in [0.25, 0.3) is 0 Å². The van der Waals surface area contributed by atoms with Crippen molar-refractivity contribution in [2.45, 2.75) is 17.9 Å². The number of carbonyl (C=O) groups is 2. The van der Waals surface area contributed by atoms with Crippen molar-refractivity contribution in [3.63, 3.8) is 0 Å². The molecule has 31 heavy (non-hydrogen) atoms. The minimum atomic E-state index is -4.02. The molecule has 0 heterocycles. The molecule has 0 saturated heterocycles. The minimum Gasteiger partial charge on any atom is -0.447 e. The number of ketones is 1. The van der Waals surface area contributed by atoms with Gasteiger partial charge in [-0.1, -0.05) is 66.2 Å². The third kappa shape index (κ3) is 6.24. The van der Waals surface area contributed by atoms with Crippen LogP contribution >= 0.6 is 0 Å². The van der Waals surface area contributed by atoms with E-state index in [1.807, 2.05) is 6.92 Å². The molecule has 8 heteroatoms. The summed E-state index contributed by atoms with van der Waals surface area (Å²) in [5, 5.41) is 2.53. The van der Waals surface area contributed by atoms with Crippen molar-refractivity contribution < 1.29 is 22.7 Å². The van der Waals surface area contributed by atoms with Gasteiger partial charge in [-0.25, -0.2) is 13.2 Å². The minimum absolute atomic E-state index is 0.0118. The van der Waals surface area contributed by atoms with E-state index < -0.39 is 34.5 Å². The van der Waals surface area contributed by atoms with E-state index in [0.29, 0.717) is 11.3 Å². The second-order valence-corrected chi connectivity index (χ2v) is 8.52. The third-order valence-electron chi connectivity index (χ3n) is 4.40. The molecule has 0 aliphatic carbocycles. The number of para-hydroxylation sites is 1. The first-order chi connectivity index (χ1) is 14.8. The van der Waals surface area contributed by atoms with Crippen molar-refractivity contribution >= 4 is 27.6 Å². The Labute approximate surface area is 181 Å². The summed E-state index contributed by atoms with van der Waals surface area (Å²) in [6.45, 7) is 1.36. The zero-order chi connectivity index (χ0) is 22.3. The molecule has 0 aromatic heterocycles. The largest absolute Gasteiger partial charge is 0.447 e. The number of carbonyl (C=O) groups excluding carboxylic acids is 2. The van der Waals surface area contributed by atoms with Gasteiger partial charge in [0.15, 0.2) is 5.78 Å². The Kier molecular flexibility index (Phi) is 7.17. The summed E-state index contributed by atoms with van der Waals surface area (Å²) >= 11 is 0. The molecule has 3 aromatic carbocycles. The van der Waals surface area contributed by atoms with Gasteiger partial charge in [-0.15, -0.1) is 0 Å². The lowest BCUT2D eigenvalue weighted by Gasteiger charge is -2.18. The number of benzene rings is 3. The van der Waals surface area contributed by atoms with Crippen LogP contribution in [0.2, 0.25) is 0 Å². The Morgan fingerprint density at radius 1 is 0.871 bits per heavy atom. The van der Waals surface area contributed by atoms with Crippen LogP contribution in [0.5, 0.6) is 0 Å². The number of amides is 1. The Hall–Kier alpha value is -3.49. The lowest BCUT2D eigenvalue weighted by atomic mass is 10.1. The number of rotatable bonds is 8. The van der Waals surface area contributed by atoms with Crippen molar-refractivity contribution in [3.8, 4) is 0 Å². The Morgan fingerprint density at radius 2 is 1.45 bits per heavy atom. The monoisotopic (exact) mass is 438 g/mol. The van der Waals surface area contributed by atoms with Crippen molar-refractivity contribution in [1.29, 1.82) is 0 Å². The predicted octanol–water partition coefficient (Wildman–Crippen LogP) is 3.77. The summed E-state index contributed by atoms with van der Waals surface area (Å²) in [7, 11) is -4.02. The number of sulfonamides is 1. The van der Waals surface area contributed by atoms with Crippen molar-refractivity contribution in [1.82, 2.24) is 4.72 Å². The van der Waals surface area contributed by atoms with Crippen LogP contribution < -0.4 is 10.0 Å². The maximum absolute atomic E-state index is 12.9. The van der Waals surface area contributed by atoms with E-state index in [1.165, 1.54) is 12.1 Å². The van der Waals surface area contributed by atoms with Crippen LogP contribution in [0.15, 0.2) is 89.8 Å². The van der Waals surface area contributed by atoms with Gasteiger partial charge in [-0.3, -0.25) is 10.1 Å². The molecule has 1 unspecified atom stereocenters. The van der Waals surface area contributed by atoms with E-state index in [2.05, 4.69) is 10.0 Å². The number of hydrogen-bond acceptors (Lipinski definition) is 5. The second kappa shape index (κ2) is 10.0. The lowest BCUT2D eigenvalue weighted by molar-refractivity contribution is 0.0893. The van der Waals surface area contributed by atoms with Gasteiger partial charge >= 0.3 is 6.09 Å². The first-order valence-electron chi connectivity index (χ1n) is 9.52. The van der Waals surface area contributed by atoms with Crippen LogP contribution in [-0.4, -0.2) is 32.9 Å². The van der Waals surface area contributed by atoms with Gasteiger partial charge < -0.3 is 4.74 Å². The zero-order valence-corrected chi connectivity index (χ0v) is 17.6. The average molecular weight is 439 g/mol. The number of nitrogens with one attached hydrogen (secondary N) is 2. The standard InChI is InChI=1S/C23H22N2O5S/c1-17-12-14-20(15-13-17)31(28,29)25-21(22(26)18-8-4-2-5-9-18)16-30-23(27)24-19-10-6-3-7-11-19/h2-15,21,25H,16H2,1H3,(H,24,27). The number of hydrogen-bond donors (Lipinski definition) is 2. The summed E-state index contributed by atoms with van der Waals surface area (Å²) in [5.74, 6) is -0.510. The summed E-state index contributed by atoms with van der Waals surface area (Å²) < 4.78 is 33.1. The summed E-state index contributed by atoms with van der Waals surface area (Å²) in [6, 6.07) is 21.8. The number of anilines is 1. The summed E-state index contributed by atoms with van der Waals surface area (Å²) in [5.41, 5.74) is 1.71. The van der Waals surface area contributed by atoms with Crippen molar-refractivity contribution in [3.05, 3.63) is 96.1 Å². The van der Waals surface area contributed by atoms with Crippen LogP contribution in [0.3, 0.4) is 0 Å². The molecule has 3 rings (SSSR count). The molecule has 0 fully saturated rings. The van der Waals surface area contributed by atoms with Gasteiger partial charge in [0.1, 0.15) is 12.6 Å². The number of Topliss-reactive ketones (excluding diaryl/α,β-unsaturated/α-hetero) is 1. The van der Waals surface area contributed by atoms with Crippen LogP contribution in [0.25, 0.3) is 0 Å². The first-order valence-corrected chi connectivity index (χ1v) is 11.0. The van der Waals surface area contributed by atoms with Gasteiger partial charge in [0.05, 0.1) is 4.90 Å². The Bertz CT molecular complexity index is 1130. The molecule has 7 nitrogen and oxygen atoms in total. The second-order valence-electron chi connectivity index (χ2n) is 6.81. The first kappa shape index (κ1) is 22.2. The van der Waals surface area contributed by atoms with E-state index in [4.69, 9.17) is 4.74 Å². The molecule has 3 aromatic rings. The quantitative estimate of drug-likeness (QED) is 0.521. The van der Waals surface area contributed by atoms with E-state index in [1.54, 1.807) is 72.8 Å². The highest BCUT2D eigenvalue weighted by molar-refractivity contribution is 7.89. The van der Waals surface area contributed by atoms with E-state index in [9.17, 15) is 18.0 Å². The molecular formula is C23H22N2O5S. The van der Waals surface area contributed by atoms with Gasteiger partial charge in [0.2, 0.25) is 10.0 Å². The fraction of sp³-hybridized carbons (Fsp3) is 0.130. The molecule has 0 radical (unpaired) electrons. The van der Waals surface area contributed by atoms with Crippen LogP contribution in [-0.2, 0) is 14.8 Å². The molecular weight excluding hydrogens is 416 g/mol. The normalized spacial score (nSPS) is 12.0. The highest BCUT2D eigenvalue weighted by Crippen LogP contribution is 2.13. The molecule has 2 N–H and O–H groups in total. The van der Waals surface area contributed by atoms with E-state index in [0.717, 1.165) is 5.56 Å². The average Bonchev–Trinajstić information content (AvgIpc) is 2.77. The number of ether oxygens (including phenoxy) is 1. The van der Waals surface area contributed by atoms with Gasteiger partial charge in [-0.05, 0) is 31.2 Å². The Morgan fingerprint density at radius 3 is 2.06 bits per heavy atom. The summed E-state index contributed by atoms with van der Waals surface area (Å²) in [4.78, 5) is 25.1.